The molecule has 2 fully saturated rings. The molecule has 7 heteroatoms. The van der Waals surface area contributed by atoms with Crippen LogP contribution in [0, 0.1) is 11.7 Å². The van der Waals surface area contributed by atoms with Crippen molar-refractivity contribution in [2.75, 3.05) is 19.6 Å². The monoisotopic (exact) mass is 420 g/mol. The van der Waals surface area contributed by atoms with E-state index in [9.17, 15) is 14.0 Å². The molecule has 0 spiro atoms. The summed E-state index contributed by atoms with van der Waals surface area (Å²) in [7, 11) is 0. The number of aromatic amines is 1. The smallest absolute Gasteiger partial charge is 0.272 e. The number of H-pyrrole nitrogens is 1. The number of nitrogens with one attached hydrogen (secondary N) is 2. The van der Waals surface area contributed by atoms with Crippen molar-refractivity contribution in [2.45, 2.75) is 31.7 Å². The molecule has 2 N–H and O–H groups in total. The molecule has 6 nitrogen and oxygen atoms in total. The fourth-order valence-corrected chi connectivity index (χ4v) is 4.33. The molecule has 0 unspecified atom stereocenters. The Hall–Kier alpha value is -3.06. The minimum absolute atomic E-state index is 0.0941. The quantitative estimate of drug-likeness (QED) is 0.643. The Labute approximate surface area is 179 Å². The second-order valence-corrected chi connectivity index (χ2v) is 8.65. The minimum atomic E-state index is -0.510. The summed E-state index contributed by atoms with van der Waals surface area (Å²) in [5.74, 6) is -0.338. The first-order chi connectivity index (χ1) is 15.1. The zero-order valence-corrected chi connectivity index (χ0v) is 17.2. The van der Waals surface area contributed by atoms with Crippen LogP contribution in [-0.4, -0.2) is 46.7 Å². The third-order valence-electron chi connectivity index (χ3n) is 6.45. The molecule has 1 aliphatic heterocycles. The van der Waals surface area contributed by atoms with E-state index in [0.717, 1.165) is 17.5 Å². The fraction of sp³-hybridized carbons (Fsp3) is 0.375. The van der Waals surface area contributed by atoms with Crippen molar-refractivity contribution in [2.24, 2.45) is 5.92 Å². The average molecular weight is 420 g/mol. The Kier molecular flexibility index (Phi) is 5.28. The van der Waals surface area contributed by atoms with Gasteiger partial charge in [0.05, 0.1) is 16.6 Å². The highest BCUT2D eigenvalue weighted by Crippen LogP contribution is 2.24. The Bertz CT molecular complexity index is 1180. The summed E-state index contributed by atoms with van der Waals surface area (Å²) >= 11 is 0. The molecule has 160 valence electrons. The van der Waals surface area contributed by atoms with Gasteiger partial charge in [-0.15, -0.1) is 0 Å². The fourth-order valence-electron chi connectivity index (χ4n) is 4.33. The molecule has 2 aliphatic rings. The van der Waals surface area contributed by atoms with E-state index in [0.29, 0.717) is 42.6 Å². The first-order valence-corrected chi connectivity index (χ1v) is 10.9. The lowest BCUT2D eigenvalue weighted by molar-refractivity contribution is 0.0485. The molecule has 1 amide bonds. The van der Waals surface area contributed by atoms with Crippen molar-refractivity contribution in [3.63, 3.8) is 0 Å². The maximum absolute atomic E-state index is 14.5. The predicted molar refractivity (Wildman–Crippen MR) is 117 cm³/mol. The van der Waals surface area contributed by atoms with Crippen LogP contribution in [0.4, 0.5) is 4.39 Å². The van der Waals surface area contributed by atoms with Gasteiger partial charge in [-0.05, 0) is 36.6 Å². The number of fused-ring (bicyclic) bond motifs is 1. The molecule has 0 bridgehead atoms. The van der Waals surface area contributed by atoms with E-state index in [2.05, 4.69) is 15.5 Å². The topological polar surface area (TPSA) is 78.1 Å². The van der Waals surface area contributed by atoms with Crippen LogP contribution < -0.4 is 10.9 Å². The number of carbonyl (C=O) groups is 1. The normalized spacial score (nSPS) is 16.9. The first kappa shape index (κ1) is 19.9. The number of likely N-dealkylation sites (tertiary alicyclic amines) is 1. The number of benzene rings is 2. The molecule has 0 radical (unpaired) electrons. The molecule has 31 heavy (non-hydrogen) atoms. The average Bonchev–Trinajstić information content (AvgIpc) is 2.71. The lowest BCUT2D eigenvalue weighted by Gasteiger charge is -2.41. The summed E-state index contributed by atoms with van der Waals surface area (Å²) < 4.78 is 14.5. The molecule has 2 heterocycles. The van der Waals surface area contributed by atoms with E-state index in [-0.39, 0.29) is 17.0 Å². The van der Waals surface area contributed by atoms with Crippen LogP contribution in [0.1, 0.15) is 40.9 Å². The van der Waals surface area contributed by atoms with Gasteiger partial charge in [0, 0.05) is 43.4 Å². The third kappa shape index (κ3) is 3.97. The number of aromatic nitrogens is 2. The van der Waals surface area contributed by atoms with Gasteiger partial charge in [-0.1, -0.05) is 30.7 Å². The van der Waals surface area contributed by atoms with Crippen molar-refractivity contribution in [3.8, 4) is 0 Å². The highest BCUT2D eigenvalue weighted by molar-refractivity contribution is 5.95. The van der Waals surface area contributed by atoms with E-state index < -0.39 is 5.82 Å². The standard InChI is InChI=1S/C24H25FN4O2/c25-21-9-8-15(11-22-18-6-1-2-7-19(18)23(30)28-27-22)10-20(21)24(31)29-13-16(14-29)12-26-17-4-3-5-17/h1-2,6-10,16-17,26H,3-5,11-14H2,(H,28,30). The first-order valence-electron chi connectivity index (χ1n) is 10.9. The molecule has 0 atom stereocenters. The number of halogens is 1. The number of amides is 1. The number of nitrogens with zero attached hydrogens (tertiary/aromatic N) is 2. The van der Waals surface area contributed by atoms with Gasteiger partial charge >= 0.3 is 0 Å². The summed E-state index contributed by atoms with van der Waals surface area (Å²) in [4.78, 5) is 26.6. The van der Waals surface area contributed by atoms with Crippen molar-refractivity contribution in [1.29, 1.82) is 0 Å². The maximum Gasteiger partial charge on any atom is 0.272 e. The Morgan fingerprint density at radius 2 is 1.94 bits per heavy atom. The molecule has 1 aliphatic carbocycles. The summed E-state index contributed by atoms with van der Waals surface area (Å²) in [6.07, 6.45) is 4.18. The maximum atomic E-state index is 14.5. The van der Waals surface area contributed by atoms with E-state index in [1.54, 1.807) is 29.2 Å². The van der Waals surface area contributed by atoms with E-state index in [4.69, 9.17) is 0 Å². The molecule has 1 aromatic heterocycles. The highest BCUT2D eigenvalue weighted by Gasteiger charge is 2.33. The van der Waals surface area contributed by atoms with Crippen LogP contribution in [0.3, 0.4) is 0 Å². The Morgan fingerprint density at radius 3 is 2.68 bits per heavy atom. The van der Waals surface area contributed by atoms with Gasteiger partial charge in [-0.25, -0.2) is 9.49 Å². The molecule has 1 saturated heterocycles. The van der Waals surface area contributed by atoms with Crippen LogP contribution in [0.5, 0.6) is 0 Å². The summed E-state index contributed by atoms with van der Waals surface area (Å²) in [5, 5.41) is 11.6. The van der Waals surface area contributed by atoms with Crippen molar-refractivity contribution >= 4 is 16.7 Å². The van der Waals surface area contributed by atoms with Gasteiger partial charge in [-0.3, -0.25) is 9.59 Å². The molecule has 3 aromatic rings. The molecule has 5 rings (SSSR count). The zero-order valence-electron chi connectivity index (χ0n) is 17.2. The number of rotatable bonds is 6. The summed E-state index contributed by atoms with van der Waals surface area (Å²) in [5.41, 5.74) is 1.31. The van der Waals surface area contributed by atoms with E-state index >= 15 is 0 Å². The van der Waals surface area contributed by atoms with Gasteiger partial charge in [0.1, 0.15) is 5.82 Å². The highest BCUT2D eigenvalue weighted by atomic mass is 19.1. The molecule has 1 saturated carbocycles. The largest absolute Gasteiger partial charge is 0.338 e. The number of carbonyl (C=O) groups excluding carboxylic acids is 1. The van der Waals surface area contributed by atoms with Crippen molar-refractivity contribution in [1.82, 2.24) is 20.4 Å². The SMILES string of the molecule is O=C(c1cc(Cc2n[nH]c(=O)c3ccccc23)ccc1F)N1CC(CNC2CCC2)C1. The zero-order chi connectivity index (χ0) is 21.4. The molecular formula is C24H25FN4O2. The van der Waals surface area contributed by atoms with E-state index in [1.807, 2.05) is 12.1 Å². The summed E-state index contributed by atoms with van der Waals surface area (Å²) in [6, 6.07) is 12.5. The Morgan fingerprint density at radius 1 is 1.16 bits per heavy atom. The van der Waals surface area contributed by atoms with Gasteiger partial charge in [-0.2, -0.15) is 5.10 Å². The van der Waals surface area contributed by atoms with Gasteiger partial charge in [0.15, 0.2) is 0 Å². The summed E-state index contributed by atoms with van der Waals surface area (Å²) in [6.45, 7) is 2.24. The van der Waals surface area contributed by atoms with Crippen molar-refractivity contribution in [3.05, 3.63) is 75.5 Å². The van der Waals surface area contributed by atoms with Gasteiger partial charge in [0.25, 0.3) is 11.5 Å². The van der Waals surface area contributed by atoms with Crippen LogP contribution in [0.25, 0.3) is 10.8 Å². The van der Waals surface area contributed by atoms with Crippen LogP contribution in [-0.2, 0) is 6.42 Å². The molecule has 2 aromatic carbocycles. The lowest BCUT2D eigenvalue weighted by atomic mass is 9.91. The predicted octanol–water partition coefficient (Wildman–Crippen LogP) is 2.87. The number of hydrogen-bond acceptors (Lipinski definition) is 4. The van der Waals surface area contributed by atoms with Crippen LogP contribution in [0.2, 0.25) is 0 Å². The lowest BCUT2D eigenvalue weighted by Crippen LogP contribution is -2.54. The molecular weight excluding hydrogens is 395 g/mol. The second kappa shape index (κ2) is 8.23. The van der Waals surface area contributed by atoms with E-state index in [1.165, 1.54) is 25.3 Å². The third-order valence-corrected chi connectivity index (χ3v) is 6.45. The second-order valence-electron chi connectivity index (χ2n) is 8.65. The minimum Gasteiger partial charge on any atom is -0.338 e. The Balaban J connectivity index is 1.29. The van der Waals surface area contributed by atoms with Crippen molar-refractivity contribution < 1.29 is 9.18 Å². The van der Waals surface area contributed by atoms with Crippen LogP contribution >= 0.6 is 0 Å². The van der Waals surface area contributed by atoms with Crippen LogP contribution in [0.15, 0.2) is 47.3 Å². The van der Waals surface area contributed by atoms with Gasteiger partial charge in [0.2, 0.25) is 0 Å². The number of hydrogen-bond donors (Lipinski definition) is 2. The van der Waals surface area contributed by atoms with Gasteiger partial charge < -0.3 is 10.2 Å².